The average Bonchev–Trinajstić information content (AvgIpc) is 2.81. The van der Waals surface area contributed by atoms with Crippen molar-refractivity contribution in [1.82, 2.24) is 10.2 Å². The van der Waals surface area contributed by atoms with Crippen LogP contribution in [0.3, 0.4) is 0 Å². The van der Waals surface area contributed by atoms with Crippen LogP contribution >= 0.6 is 0 Å². The van der Waals surface area contributed by atoms with E-state index in [2.05, 4.69) is 56.1 Å². The van der Waals surface area contributed by atoms with Gasteiger partial charge in [-0.15, -0.1) is 0 Å². The van der Waals surface area contributed by atoms with E-state index in [4.69, 9.17) is 0 Å². The van der Waals surface area contributed by atoms with E-state index in [-0.39, 0.29) is 0 Å². The number of rotatable bonds is 2. The third-order valence-corrected chi connectivity index (χ3v) is 5.26. The number of nitrogens with zero attached hydrogens (tertiary/aromatic N) is 1. The topological polar surface area (TPSA) is 15.3 Å². The summed E-state index contributed by atoms with van der Waals surface area (Å²) in [6.07, 6.45) is 5.09. The van der Waals surface area contributed by atoms with Crippen LogP contribution in [0, 0.1) is 6.92 Å². The lowest BCUT2D eigenvalue weighted by atomic mass is 9.96. The Kier molecular flexibility index (Phi) is 4.11. The highest BCUT2D eigenvalue weighted by Crippen LogP contribution is 2.33. The molecule has 1 aromatic carbocycles. The molecule has 21 heavy (non-hydrogen) atoms. The molecule has 2 nitrogen and oxygen atoms in total. The first-order valence-corrected chi connectivity index (χ1v) is 8.54. The molecule has 1 aliphatic carbocycles. The van der Waals surface area contributed by atoms with Crippen molar-refractivity contribution in [2.45, 2.75) is 71.0 Å². The van der Waals surface area contributed by atoms with Crippen molar-refractivity contribution >= 4 is 0 Å². The fraction of sp³-hybridized carbons (Fsp3) is 0.684. The van der Waals surface area contributed by atoms with E-state index < -0.39 is 0 Å². The van der Waals surface area contributed by atoms with Gasteiger partial charge in [0, 0.05) is 30.7 Å². The summed E-state index contributed by atoms with van der Waals surface area (Å²) in [7, 11) is 0. The minimum absolute atomic E-state index is 0.321. The van der Waals surface area contributed by atoms with Crippen LogP contribution in [0.2, 0.25) is 0 Å². The van der Waals surface area contributed by atoms with Crippen molar-refractivity contribution in [2.24, 2.45) is 0 Å². The second-order valence-electron chi connectivity index (χ2n) is 7.89. The number of hydrogen-bond acceptors (Lipinski definition) is 2. The zero-order chi connectivity index (χ0) is 15.0. The van der Waals surface area contributed by atoms with Gasteiger partial charge < -0.3 is 5.32 Å². The van der Waals surface area contributed by atoms with Crippen LogP contribution in [-0.4, -0.2) is 29.6 Å². The minimum atomic E-state index is 0.321. The van der Waals surface area contributed by atoms with E-state index in [0.717, 1.165) is 0 Å². The van der Waals surface area contributed by atoms with Crippen LogP contribution in [-0.2, 0) is 6.42 Å². The van der Waals surface area contributed by atoms with Crippen molar-refractivity contribution in [1.29, 1.82) is 0 Å². The molecule has 0 spiro atoms. The predicted molar refractivity (Wildman–Crippen MR) is 89.7 cm³/mol. The lowest BCUT2D eigenvalue weighted by Crippen LogP contribution is -2.50. The molecule has 1 aliphatic heterocycles. The molecule has 1 saturated heterocycles. The summed E-state index contributed by atoms with van der Waals surface area (Å²) in [6.45, 7) is 11.7. The van der Waals surface area contributed by atoms with E-state index in [1.54, 1.807) is 11.1 Å². The molecule has 3 rings (SSSR count). The molecular formula is C19H30N2. The average molecular weight is 286 g/mol. The maximum absolute atomic E-state index is 3.95. The quantitative estimate of drug-likeness (QED) is 0.889. The Hall–Kier alpha value is -0.860. The summed E-state index contributed by atoms with van der Waals surface area (Å²) in [5.41, 5.74) is 4.84. The molecule has 1 fully saturated rings. The number of nitrogens with one attached hydrogen (secondary N) is 1. The summed E-state index contributed by atoms with van der Waals surface area (Å²) in [5.74, 6) is 0. The summed E-state index contributed by atoms with van der Waals surface area (Å²) >= 11 is 0. The van der Waals surface area contributed by atoms with Gasteiger partial charge in [-0.1, -0.05) is 23.8 Å². The van der Waals surface area contributed by atoms with Gasteiger partial charge in [0.1, 0.15) is 0 Å². The van der Waals surface area contributed by atoms with Gasteiger partial charge in [-0.25, -0.2) is 0 Å². The fourth-order valence-corrected chi connectivity index (χ4v) is 3.90. The summed E-state index contributed by atoms with van der Waals surface area (Å²) in [4.78, 5) is 2.62. The number of aryl methyl sites for hydroxylation is 2. The Morgan fingerprint density at radius 1 is 1.10 bits per heavy atom. The molecule has 1 unspecified atom stereocenters. The maximum Gasteiger partial charge on any atom is 0.0328 e. The van der Waals surface area contributed by atoms with Gasteiger partial charge >= 0.3 is 0 Å². The van der Waals surface area contributed by atoms with Gasteiger partial charge in [-0.05, 0) is 64.5 Å². The summed E-state index contributed by atoms with van der Waals surface area (Å²) in [5, 5.41) is 3.95. The molecule has 116 valence electrons. The van der Waals surface area contributed by atoms with Crippen molar-refractivity contribution in [3.05, 3.63) is 34.9 Å². The van der Waals surface area contributed by atoms with E-state index in [1.807, 2.05) is 0 Å². The highest BCUT2D eigenvalue weighted by molar-refractivity contribution is 5.37. The van der Waals surface area contributed by atoms with Crippen LogP contribution in [0.25, 0.3) is 0 Å². The van der Waals surface area contributed by atoms with Crippen molar-refractivity contribution in [3.63, 3.8) is 0 Å². The largest absolute Gasteiger partial charge is 0.307 e. The Balaban J connectivity index is 1.59. The molecule has 0 radical (unpaired) electrons. The van der Waals surface area contributed by atoms with Crippen LogP contribution in [0.4, 0.5) is 0 Å². The predicted octanol–water partition coefficient (Wildman–Crippen LogP) is 3.83. The lowest BCUT2D eigenvalue weighted by molar-refractivity contribution is 0.0937. The van der Waals surface area contributed by atoms with Gasteiger partial charge in [-0.2, -0.15) is 0 Å². The molecule has 1 aromatic rings. The summed E-state index contributed by atoms with van der Waals surface area (Å²) in [6, 6.07) is 8.26. The van der Waals surface area contributed by atoms with E-state index in [0.29, 0.717) is 17.6 Å². The summed E-state index contributed by atoms with van der Waals surface area (Å²) < 4.78 is 0. The molecule has 1 atom stereocenters. The molecule has 0 saturated carbocycles. The van der Waals surface area contributed by atoms with Crippen LogP contribution in [0.5, 0.6) is 0 Å². The smallest absolute Gasteiger partial charge is 0.0328 e. The highest BCUT2D eigenvalue weighted by Gasteiger charge is 2.30. The van der Waals surface area contributed by atoms with E-state index in [1.165, 1.54) is 44.3 Å². The third kappa shape index (κ3) is 3.32. The Bertz CT molecular complexity index is 493. The molecule has 2 heteroatoms. The fourth-order valence-electron chi connectivity index (χ4n) is 3.90. The zero-order valence-electron chi connectivity index (χ0n) is 14.1. The van der Waals surface area contributed by atoms with E-state index >= 15 is 0 Å². The Labute approximate surface area is 129 Å². The maximum atomic E-state index is 3.95. The second kappa shape index (κ2) is 5.73. The van der Waals surface area contributed by atoms with Gasteiger partial charge in [0.05, 0.1) is 0 Å². The standard InChI is InChI=1S/C19H30N2/c1-14-5-6-15-7-8-18(17(15)13-14)20-16-9-11-21(12-10-16)19(2,3)4/h5-6,13,16,18,20H,7-12H2,1-4H3. The normalized spacial score (nSPS) is 24.3. The van der Waals surface area contributed by atoms with Gasteiger partial charge in [0.25, 0.3) is 0 Å². The number of hydrogen-bond donors (Lipinski definition) is 1. The zero-order valence-corrected chi connectivity index (χ0v) is 14.1. The van der Waals surface area contributed by atoms with Crippen LogP contribution in [0.15, 0.2) is 18.2 Å². The van der Waals surface area contributed by atoms with Crippen LogP contribution < -0.4 is 5.32 Å². The molecular weight excluding hydrogens is 256 g/mol. The molecule has 0 amide bonds. The Morgan fingerprint density at radius 3 is 2.48 bits per heavy atom. The molecule has 0 aromatic heterocycles. The van der Waals surface area contributed by atoms with E-state index in [9.17, 15) is 0 Å². The number of benzene rings is 1. The van der Waals surface area contributed by atoms with Crippen molar-refractivity contribution in [2.75, 3.05) is 13.1 Å². The number of fused-ring (bicyclic) bond motifs is 1. The SMILES string of the molecule is Cc1ccc2c(c1)C(NC1CCN(C(C)(C)C)CC1)CC2. The lowest BCUT2D eigenvalue weighted by Gasteiger charge is -2.41. The first-order valence-electron chi connectivity index (χ1n) is 8.54. The van der Waals surface area contributed by atoms with Crippen molar-refractivity contribution < 1.29 is 0 Å². The van der Waals surface area contributed by atoms with Gasteiger partial charge in [0.15, 0.2) is 0 Å². The second-order valence-corrected chi connectivity index (χ2v) is 7.89. The molecule has 1 N–H and O–H groups in total. The van der Waals surface area contributed by atoms with Crippen molar-refractivity contribution in [3.8, 4) is 0 Å². The molecule has 0 bridgehead atoms. The van der Waals surface area contributed by atoms with Crippen LogP contribution in [0.1, 0.15) is 62.8 Å². The number of piperidine rings is 1. The molecule has 1 heterocycles. The molecule has 2 aliphatic rings. The Morgan fingerprint density at radius 2 is 1.81 bits per heavy atom. The van der Waals surface area contributed by atoms with Gasteiger partial charge in [0.2, 0.25) is 0 Å². The highest BCUT2D eigenvalue weighted by atomic mass is 15.2. The minimum Gasteiger partial charge on any atom is -0.307 e. The number of likely N-dealkylation sites (tertiary alicyclic amines) is 1. The third-order valence-electron chi connectivity index (χ3n) is 5.26. The first-order chi connectivity index (χ1) is 9.93. The van der Waals surface area contributed by atoms with Gasteiger partial charge in [-0.3, -0.25) is 4.90 Å². The first kappa shape index (κ1) is 15.1. The monoisotopic (exact) mass is 286 g/mol.